The van der Waals surface area contributed by atoms with E-state index < -0.39 is 17.8 Å². The highest BCUT2D eigenvalue weighted by Gasteiger charge is 2.33. The summed E-state index contributed by atoms with van der Waals surface area (Å²) in [5, 5.41) is 23.4. The molecule has 0 unspecified atom stereocenters. The van der Waals surface area contributed by atoms with Gasteiger partial charge < -0.3 is 14.7 Å². The van der Waals surface area contributed by atoms with Crippen molar-refractivity contribution in [1.82, 2.24) is 14.7 Å². The van der Waals surface area contributed by atoms with Gasteiger partial charge in [-0.05, 0) is 64.3 Å². The molecular formula is C28H31N5O4. The van der Waals surface area contributed by atoms with Gasteiger partial charge in [0, 0.05) is 31.3 Å². The lowest BCUT2D eigenvalue weighted by Gasteiger charge is -2.27. The van der Waals surface area contributed by atoms with Gasteiger partial charge in [-0.1, -0.05) is 29.8 Å². The summed E-state index contributed by atoms with van der Waals surface area (Å²) in [5.41, 5.74) is 3.36. The molecule has 0 radical (unpaired) electrons. The molecule has 0 bridgehead atoms. The SMILES string of the molecule is Cc1ccc(-c2cc(N(C[C@@H]3CCN(C(=O)O)C3)C(=O)OC(C)(C)C)nn2-c2ccc(C#N)cc2)cc1. The number of ether oxygens (including phenoxy) is 1. The molecule has 0 saturated carbocycles. The van der Waals surface area contributed by atoms with Crippen LogP contribution in [0.5, 0.6) is 0 Å². The minimum absolute atomic E-state index is 0.0495. The van der Waals surface area contributed by atoms with E-state index in [0.717, 1.165) is 22.5 Å². The summed E-state index contributed by atoms with van der Waals surface area (Å²) < 4.78 is 7.46. The van der Waals surface area contributed by atoms with Crippen LogP contribution in [0.3, 0.4) is 0 Å². The normalized spacial score (nSPS) is 15.3. The highest BCUT2D eigenvalue weighted by Crippen LogP contribution is 2.30. The highest BCUT2D eigenvalue weighted by molar-refractivity contribution is 5.88. The Morgan fingerprint density at radius 3 is 2.41 bits per heavy atom. The van der Waals surface area contributed by atoms with Crippen LogP contribution >= 0.6 is 0 Å². The molecule has 2 amide bonds. The number of nitrogens with zero attached hydrogens (tertiary/aromatic N) is 5. The van der Waals surface area contributed by atoms with Gasteiger partial charge >= 0.3 is 12.2 Å². The lowest BCUT2D eigenvalue weighted by atomic mass is 10.1. The molecule has 1 atom stereocenters. The Kier molecular flexibility index (Phi) is 7.21. The Bertz CT molecular complexity index is 1320. The van der Waals surface area contributed by atoms with E-state index in [1.54, 1.807) is 37.6 Å². The molecule has 2 heterocycles. The summed E-state index contributed by atoms with van der Waals surface area (Å²) in [6.07, 6.45) is -0.855. The predicted octanol–water partition coefficient (Wildman–Crippen LogP) is 5.46. The molecule has 2 aromatic carbocycles. The first-order valence-corrected chi connectivity index (χ1v) is 12.2. The number of amides is 2. The second kappa shape index (κ2) is 10.3. The summed E-state index contributed by atoms with van der Waals surface area (Å²) in [6, 6.07) is 19.0. The number of carbonyl (C=O) groups excluding carboxylic acids is 1. The van der Waals surface area contributed by atoms with E-state index in [1.165, 1.54) is 9.80 Å². The van der Waals surface area contributed by atoms with Crippen LogP contribution < -0.4 is 4.90 Å². The minimum atomic E-state index is -0.960. The lowest BCUT2D eigenvalue weighted by molar-refractivity contribution is 0.0574. The number of hydrogen-bond acceptors (Lipinski definition) is 5. The molecule has 1 fully saturated rings. The molecule has 1 aliphatic heterocycles. The molecule has 1 aromatic heterocycles. The number of aromatic nitrogens is 2. The molecule has 37 heavy (non-hydrogen) atoms. The number of hydrogen-bond donors (Lipinski definition) is 1. The van der Waals surface area contributed by atoms with Crippen molar-refractivity contribution in [2.75, 3.05) is 24.5 Å². The van der Waals surface area contributed by atoms with Crippen molar-refractivity contribution in [3.63, 3.8) is 0 Å². The van der Waals surface area contributed by atoms with E-state index in [2.05, 4.69) is 6.07 Å². The third kappa shape index (κ3) is 6.09. The number of carboxylic acid groups (broad SMARTS) is 1. The molecule has 0 spiro atoms. The molecule has 0 aliphatic carbocycles. The first-order valence-electron chi connectivity index (χ1n) is 12.2. The van der Waals surface area contributed by atoms with E-state index in [0.29, 0.717) is 30.9 Å². The third-order valence-electron chi connectivity index (χ3n) is 6.17. The van der Waals surface area contributed by atoms with Crippen LogP contribution in [0, 0.1) is 24.2 Å². The molecule has 1 saturated heterocycles. The van der Waals surface area contributed by atoms with E-state index in [9.17, 15) is 20.0 Å². The maximum atomic E-state index is 13.4. The largest absolute Gasteiger partial charge is 0.465 e. The molecule has 9 nitrogen and oxygen atoms in total. The van der Waals surface area contributed by atoms with Gasteiger partial charge in [0.1, 0.15) is 5.60 Å². The van der Waals surface area contributed by atoms with E-state index in [1.807, 2.05) is 49.4 Å². The number of likely N-dealkylation sites (tertiary alicyclic amines) is 1. The van der Waals surface area contributed by atoms with Gasteiger partial charge in [-0.3, -0.25) is 4.90 Å². The Morgan fingerprint density at radius 1 is 1.16 bits per heavy atom. The fourth-order valence-corrected chi connectivity index (χ4v) is 4.30. The molecule has 4 rings (SSSR count). The fraction of sp³-hybridized carbons (Fsp3) is 0.357. The van der Waals surface area contributed by atoms with Crippen molar-refractivity contribution in [2.45, 2.75) is 39.7 Å². The average molecular weight is 502 g/mol. The lowest BCUT2D eigenvalue weighted by Crippen LogP contribution is -2.40. The Morgan fingerprint density at radius 2 is 1.84 bits per heavy atom. The van der Waals surface area contributed by atoms with Crippen LogP contribution in [-0.2, 0) is 4.74 Å². The van der Waals surface area contributed by atoms with Crippen molar-refractivity contribution in [3.8, 4) is 23.0 Å². The molecule has 1 aliphatic rings. The van der Waals surface area contributed by atoms with E-state index in [-0.39, 0.29) is 12.5 Å². The number of rotatable bonds is 5. The quantitative estimate of drug-likeness (QED) is 0.497. The summed E-state index contributed by atoms with van der Waals surface area (Å²) in [6.45, 7) is 8.47. The van der Waals surface area contributed by atoms with Gasteiger partial charge in [0.05, 0.1) is 23.0 Å². The van der Waals surface area contributed by atoms with Gasteiger partial charge in [-0.25, -0.2) is 14.3 Å². The number of carbonyl (C=O) groups is 2. The van der Waals surface area contributed by atoms with Crippen LogP contribution in [0.15, 0.2) is 54.6 Å². The van der Waals surface area contributed by atoms with Crippen molar-refractivity contribution in [3.05, 3.63) is 65.7 Å². The first kappa shape index (κ1) is 25.8. The third-order valence-corrected chi connectivity index (χ3v) is 6.17. The van der Waals surface area contributed by atoms with Gasteiger partial charge in [0.15, 0.2) is 5.82 Å². The van der Waals surface area contributed by atoms with Crippen LogP contribution in [-0.4, -0.2) is 57.2 Å². The van der Waals surface area contributed by atoms with Crippen molar-refractivity contribution in [1.29, 1.82) is 5.26 Å². The van der Waals surface area contributed by atoms with E-state index >= 15 is 0 Å². The molecule has 9 heteroatoms. The second-order valence-electron chi connectivity index (χ2n) is 10.3. The predicted molar refractivity (Wildman–Crippen MR) is 140 cm³/mol. The zero-order valence-electron chi connectivity index (χ0n) is 21.5. The van der Waals surface area contributed by atoms with E-state index in [4.69, 9.17) is 9.84 Å². The number of benzene rings is 2. The topological polar surface area (TPSA) is 112 Å². The number of aryl methyl sites for hydroxylation is 1. The zero-order valence-corrected chi connectivity index (χ0v) is 21.5. The minimum Gasteiger partial charge on any atom is -0.465 e. The fourth-order valence-electron chi connectivity index (χ4n) is 4.30. The Labute approximate surface area is 216 Å². The van der Waals surface area contributed by atoms with Crippen molar-refractivity contribution < 1.29 is 19.4 Å². The zero-order chi connectivity index (χ0) is 26.7. The first-order chi connectivity index (χ1) is 17.5. The smallest absolute Gasteiger partial charge is 0.416 e. The Balaban J connectivity index is 1.77. The Hall–Kier alpha value is -4.32. The molecule has 1 N–H and O–H groups in total. The van der Waals surface area contributed by atoms with Crippen LogP contribution in [0.4, 0.5) is 15.4 Å². The van der Waals surface area contributed by atoms with Crippen LogP contribution in [0.2, 0.25) is 0 Å². The monoisotopic (exact) mass is 501 g/mol. The van der Waals surface area contributed by atoms with Gasteiger partial charge in [0.2, 0.25) is 0 Å². The maximum absolute atomic E-state index is 13.4. The summed E-state index contributed by atoms with van der Waals surface area (Å²) in [4.78, 5) is 27.7. The molecular weight excluding hydrogens is 470 g/mol. The van der Waals surface area contributed by atoms with Gasteiger partial charge in [-0.15, -0.1) is 5.10 Å². The number of anilines is 1. The van der Waals surface area contributed by atoms with Crippen molar-refractivity contribution in [2.24, 2.45) is 5.92 Å². The summed E-state index contributed by atoms with van der Waals surface area (Å²) >= 11 is 0. The van der Waals surface area contributed by atoms with Crippen LogP contribution in [0.25, 0.3) is 16.9 Å². The summed E-state index contributed by atoms with van der Waals surface area (Å²) in [7, 11) is 0. The summed E-state index contributed by atoms with van der Waals surface area (Å²) in [5.74, 6) is 0.356. The van der Waals surface area contributed by atoms with Gasteiger partial charge in [-0.2, -0.15) is 5.26 Å². The maximum Gasteiger partial charge on any atom is 0.416 e. The highest BCUT2D eigenvalue weighted by atomic mass is 16.6. The standard InChI is InChI=1S/C28H31N5O4/c1-19-5-9-22(10-6-19)24-15-25(30-33(24)23-11-7-20(16-29)8-12-23)32(27(36)37-28(2,3)4)18-21-13-14-31(17-21)26(34)35/h5-12,15,21H,13-14,17-18H2,1-4H3,(H,34,35)/t21-/m1/s1. The second-order valence-corrected chi connectivity index (χ2v) is 10.3. The van der Waals surface area contributed by atoms with Crippen molar-refractivity contribution >= 4 is 18.0 Å². The van der Waals surface area contributed by atoms with Gasteiger partial charge in [0.25, 0.3) is 0 Å². The molecule has 3 aromatic rings. The van der Waals surface area contributed by atoms with Crippen LogP contribution in [0.1, 0.15) is 38.3 Å². The molecule has 192 valence electrons. The average Bonchev–Trinajstić information content (AvgIpc) is 3.50. The number of nitriles is 1.